The molecule has 5 nitrogen and oxygen atoms in total. The van der Waals surface area contributed by atoms with Crippen LogP contribution in [0.4, 0.5) is 4.39 Å². The molecule has 0 fully saturated rings. The summed E-state index contributed by atoms with van der Waals surface area (Å²) in [6, 6.07) is 14.4. The van der Waals surface area contributed by atoms with E-state index < -0.39 is 0 Å². The van der Waals surface area contributed by atoms with Gasteiger partial charge < -0.3 is 19.4 Å². The fraction of sp³-hybridized carbons (Fsp3) is 0.286. The van der Waals surface area contributed by atoms with Crippen molar-refractivity contribution >= 4 is 0 Å². The minimum absolute atomic E-state index is 0.0673. The van der Waals surface area contributed by atoms with Crippen LogP contribution in [0.5, 0.6) is 5.75 Å². The predicted octanol–water partition coefficient (Wildman–Crippen LogP) is 3.39. The number of fused-ring (bicyclic) bond motifs is 1. The van der Waals surface area contributed by atoms with E-state index in [0.29, 0.717) is 13.2 Å². The molecular formula is C21H22FN3O2. The predicted molar refractivity (Wildman–Crippen MR) is 101 cm³/mol. The second-order valence-electron chi connectivity index (χ2n) is 6.59. The van der Waals surface area contributed by atoms with E-state index in [2.05, 4.69) is 16.1 Å². The van der Waals surface area contributed by atoms with Crippen molar-refractivity contribution in [2.45, 2.75) is 25.8 Å². The van der Waals surface area contributed by atoms with Gasteiger partial charge in [-0.15, -0.1) is 0 Å². The van der Waals surface area contributed by atoms with Gasteiger partial charge in [0.25, 0.3) is 0 Å². The van der Waals surface area contributed by atoms with Crippen molar-refractivity contribution in [2.75, 3.05) is 13.7 Å². The van der Waals surface area contributed by atoms with E-state index in [-0.39, 0.29) is 11.9 Å². The topological polar surface area (TPSA) is 48.3 Å². The number of hydrogen-bond acceptors (Lipinski definition) is 4. The van der Waals surface area contributed by atoms with E-state index >= 15 is 0 Å². The van der Waals surface area contributed by atoms with Gasteiger partial charge in [0, 0.05) is 24.8 Å². The zero-order valence-corrected chi connectivity index (χ0v) is 15.2. The summed E-state index contributed by atoms with van der Waals surface area (Å²) in [5.74, 6) is 1.52. The molecule has 1 aliphatic rings. The molecule has 0 saturated heterocycles. The molecular weight excluding hydrogens is 345 g/mol. The lowest BCUT2D eigenvalue weighted by atomic mass is 10.1. The third-order valence-corrected chi connectivity index (χ3v) is 4.70. The molecule has 0 bridgehead atoms. The van der Waals surface area contributed by atoms with Crippen LogP contribution in [0.25, 0.3) is 11.3 Å². The molecule has 0 unspecified atom stereocenters. The highest BCUT2D eigenvalue weighted by Gasteiger charge is 2.21. The molecule has 140 valence electrons. The number of nitrogens with zero attached hydrogens (tertiary/aromatic N) is 2. The Kier molecular flexibility index (Phi) is 5.18. The van der Waals surface area contributed by atoms with Crippen molar-refractivity contribution in [2.24, 2.45) is 0 Å². The summed E-state index contributed by atoms with van der Waals surface area (Å²) in [5.41, 5.74) is 2.92. The largest absolute Gasteiger partial charge is 0.496 e. The first-order valence-corrected chi connectivity index (χ1v) is 8.99. The number of halogens is 1. The van der Waals surface area contributed by atoms with Crippen molar-refractivity contribution in [3.63, 3.8) is 0 Å². The van der Waals surface area contributed by atoms with Crippen LogP contribution in [0.1, 0.15) is 11.4 Å². The molecule has 1 atom stereocenters. The number of para-hydroxylation sites is 1. The number of methoxy groups -OCH3 is 1. The highest BCUT2D eigenvalue weighted by atomic mass is 19.1. The van der Waals surface area contributed by atoms with Crippen LogP contribution in [0.3, 0.4) is 0 Å². The van der Waals surface area contributed by atoms with Crippen LogP contribution in [-0.2, 0) is 24.4 Å². The summed E-state index contributed by atoms with van der Waals surface area (Å²) in [4.78, 5) is 4.70. The van der Waals surface area contributed by atoms with Gasteiger partial charge in [0.15, 0.2) is 0 Å². The Morgan fingerprint density at radius 3 is 2.85 bits per heavy atom. The Bertz CT molecular complexity index is 908. The van der Waals surface area contributed by atoms with E-state index in [1.807, 2.05) is 24.3 Å². The Hall–Kier alpha value is -2.70. The van der Waals surface area contributed by atoms with Gasteiger partial charge in [-0.05, 0) is 29.8 Å². The fourth-order valence-corrected chi connectivity index (χ4v) is 3.28. The maximum atomic E-state index is 13.0. The van der Waals surface area contributed by atoms with Crippen molar-refractivity contribution < 1.29 is 13.9 Å². The third-order valence-electron chi connectivity index (χ3n) is 4.70. The molecule has 2 heterocycles. The quantitative estimate of drug-likeness (QED) is 0.726. The number of nitrogens with one attached hydrogen (secondary N) is 1. The molecule has 0 saturated carbocycles. The lowest BCUT2D eigenvalue weighted by Crippen LogP contribution is -2.35. The average Bonchev–Trinajstić information content (AvgIpc) is 3.12. The van der Waals surface area contributed by atoms with Crippen LogP contribution >= 0.6 is 0 Å². The van der Waals surface area contributed by atoms with E-state index in [1.54, 1.807) is 19.2 Å². The molecule has 6 heteroatoms. The maximum absolute atomic E-state index is 13.0. The van der Waals surface area contributed by atoms with Crippen LogP contribution in [0.2, 0.25) is 0 Å². The van der Waals surface area contributed by atoms with Crippen molar-refractivity contribution in [3.8, 4) is 17.0 Å². The molecule has 0 aliphatic carbocycles. The highest BCUT2D eigenvalue weighted by molar-refractivity contribution is 5.66. The second kappa shape index (κ2) is 7.90. The van der Waals surface area contributed by atoms with Gasteiger partial charge in [0.2, 0.25) is 0 Å². The molecule has 3 aromatic rings. The summed E-state index contributed by atoms with van der Waals surface area (Å²) in [5, 5.41) is 3.38. The first-order chi connectivity index (χ1) is 13.2. The van der Waals surface area contributed by atoms with Gasteiger partial charge in [0.1, 0.15) is 24.0 Å². The number of aromatic nitrogens is 2. The number of hydrogen-bond donors (Lipinski definition) is 1. The number of imidazole rings is 1. The fourth-order valence-electron chi connectivity index (χ4n) is 3.28. The molecule has 1 aliphatic heterocycles. The molecule has 0 amide bonds. The summed E-state index contributed by atoms with van der Waals surface area (Å²) >= 11 is 0. The van der Waals surface area contributed by atoms with Crippen molar-refractivity contribution in [3.05, 3.63) is 71.9 Å². The van der Waals surface area contributed by atoms with Gasteiger partial charge in [-0.25, -0.2) is 9.37 Å². The van der Waals surface area contributed by atoms with E-state index in [4.69, 9.17) is 14.5 Å². The van der Waals surface area contributed by atoms with Crippen LogP contribution in [0.15, 0.2) is 54.7 Å². The van der Waals surface area contributed by atoms with Crippen molar-refractivity contribution in [1.82, 2.24) is 14.9 Å². The molecule has 1 N–H and O–H groups in total. The molecule has 1 aromatic heterocycles. The van der Waals surface area contributed by atoms with Crippen molar-refractivity contribution in [1.29, 1.82) is 0 Å². The average molecular weight is 367 g/mol. The minimum Gasteiger partial charge on any atom is -0.496 e. The number of ether oxygens (including phenoxy) is 2. The van der Waals surface area contributed by atoms with Gasteiger partial charge in [0.05, 0.1) is 25.5 Å². The summed E-state index contributed by atoms with van der Waals surface area (Å²) in [6.07, 6.45) is 2.13. The third kappa shape index (κ3) is 4.02. The Balaban J connectivity index is 1.38. The van der Waals surface area contributed by atoms with Crippen LogP contribution in [-0.4, -0.2) is 29.3 Å². The first kappa shape index (κ1) is 17.7. The number of rotatable bonds is 6. The zero-order valence-electron chi connectivity index (χ0n) is 15.2. The normalized spacial score (nSPS) is 16.1. The van der Waals surface area contributed by atoms with Gasteiger partial charge >= 0.3 is 0 Å². The molecule has 2 aromatic carbocycles. The molecule has 0 spiro atoms. The summed E-state index contributed by atoms with van der Waals surface area (Å²) in [7, 11) is 1.67. The summed E-state index contributed by atoms with van der Waals surface area (Å²) < 4.78 is 26.5. The molecule has 27 heavy (non-hydrogen) atoms. The number of benzene rings is 2. The second-order valence-corrected chi connectivity index (χ2v) is 6.59. The zero-order chi connectivity index (χ0) is 18.6. The lowest BCUT2D eigenvalue weighted by molar-refractivity contribution is 0.00278. The van der Waals surface area contributed by atoms with E-state index in [1.165, 1.54) is 12.1 Å². The maximum Gasteiger partial charge on any atom is 0.135 e. The van der Waals surface area contributed by atoms with E-state index in [9.17, 15) is 4.39 Å². The lowest BCUT2D eigenvalue weighted by Gasteiger charge is -2.24. The highest BCUT2D eigenvalue weighted by Crippen LogP contribution is 2.30. The standard InChI is InChI=1S/C21H22FN3O2/c1-26-20-5-3-2-4-18(20)19-13-25-12-17(27-14-21(25)24-19)11-23-10-15-6-8-16(22)9-7-15/h2-9,13,17,23H,10-12,14H2,1H3/t17-/m0/s1. The molecule has 0 radical (unpaired) electrons. The van der Waals surface area contributed by atoms with Gasteiger partial charge in [-0.3, -0.25) is 0 Å². The van der Waals surface area contributed by atoms with Gasteiger partial charge in [-0.1, -0.05) is 24.3 Å². The SMILES string of the molecule is COc1ccccc1-c1cn2c(n1)CO[C@@H](CNCc1ccc(F)cc1)C2. The Morgan fingerprint density at radius 1 is 1.22 bits per heavy atom. The summed E-state index contributed by atoms with van der Waals surface area (Å²) in [6.45, 7) is 2.63. The van der Waals surface area contributed by atoms with Crippen LogP contribution in [0, 0.1) is 5.82 Å². The Labute approximate surface area is 157 Å². The van der Waals surface area contributed by atoms with E-state index in [0.717, 1.165) is 41.5 Å². The van der Waals surface area contributed by atoms with Crippen LogP contribution < -0.4 is 10.1 Å². The first-order valence-electron chi connectivity index (χ1n) is 8.99. The smallest absolute Gasteiger partial charge is 0.135 e. The monoisotopic (exact) mass is 367 g/mol. The minimum atomic E-state index is -0.215. The molecule has 4 rings (SSSR count). The Morgan fingerprint density at radius 2 is 2.04 bits per heavy atom. The van der Waals surface area contributed by atoms with Gasteiger partial charge in [-0.2, -0.15) is 0 Å².